The molecule has 0 spiro atoms. The first-order valence-electron chi connectivity index (χ1n) is 5.61. The summed E-state index contributed by atoms with van der Waals surface area (Å²) in [4.78, 5) is 11.6. The summed E-state index contributed by atoms with van der Waals surface area (Å²) in [6.45, 7) is 6.52. The van der Waals surface area contributed by atoms with Crippen LogP contribution < -0.4 is 5.32 Å². The van der Waals surface area contributed by atoms with Gasteiger partial charge in [0, 0.05) is 6.04 Å². The fourth-order valence-electron chi connectivity index (χ4n) is 1.44. The van der Waals surface area contributed by atoms with E-state index in [1.807, 2.05) is 6.92 Å². The first-order valence-corrected chi connectivity index (χ1v) is 5.61. The van der Waals surface area contributed by atoms with E-state index in [1.165, 1.54) is 12.8 Å². The molecule has 2 unspecified atom stereocenters. The van der Waals surface area contributed by atoms with Gasteiger partial charge in [0.2, 0.25) is 0 Å². The van der Waals surface area contributed by atoms with Crippen molar-refractivity contribution in [3.05, 3.63) is 0 Å². The fraction of sp³-hybridized carbons (Fsp3) is 0.909. The Labute approximate surface area is 86.2 Å². The number of ether oxygens (including phenoxy) is 1. The Balaban J connectivity index is 2.45. The maximum absolute atomic E-state index is 11.6. The molecule has 1 rings (SSSR count). The van der Waals surface area contributed by atoms with Gasteiger partial charge in [-0.15, -0.1) is 0 Å². The predicted octanol–water partition coefficient (Wildman–Crippen LogP) is 1.72. The van der Waals surface area contributed by atoms with E-state index >= 15 is 0 Å². The average Bonchev–Trinajstić information content (AvgIpc) is 2.97. The third-order valence-electron chi connectivity index (χ3n) is 2.75. The van der Waals surface area contributed by atoms with Gasteiger partial charge in [-0.3, -0.25) is 4.79 Å². The molecule has 14 heavy (non-hydrogen) atoms. The minimum absolute atomic E-state index is 0.0891. The number of rotatable bonds is 6. The first kappa shape index (κ1) is 11.5. The average molecular weight is 199 g/mol. The van der Waals surface area contributed by atoms with Gasteiger partial charge in [0.25, 0.3) is 0 Å². The molecule has 0 aromatic rings. The van der Waals surface area contributed by atoms with Crippen LogP contribution in [0.5, 0.6) is 0 Å². The molecular formula is C11H21NO2. The molecule has 1 fully saturated rings. The molecule has 0 saturated heterocycles. The molecule has 1 saturated carbocycles. The van der Waals surface area contributed by atoms with Gasteiger partial charge in [0.1, 0.15) is 6.04 Å². The van der Waals surface area contributed by atoms with Gasteiger partial charge < -0.3 is 10.1 Å². The van der Waals surface area contributed by atoms with Crippen LogP contribution >= 0.6 is 0 Å². The summed E-state index contributed by atoms with van der Waals surface area (Å²) in [6.07, 6.45) is 3.40. The highest BCUT2D eigenvalue weighted by Gasteiger charge is 2.31. The van der Waals surface area contributed by atoms with Crippen LogP contribution in [0.4, 0.5) is 0 Å². The van der Waals surface area contributed by atoms with E-state index in [-0.39, 0.29) is 12.0 Å². The molecule has 82 valence electrons. The van der Waals surface area contributed by atoms with Crippen LogP contribution in [0.3, 0.4) is 0 Å². The van der Waals surface area contributed by atoms with Gasteiger partial charge in [-0.25, -0.2) is 0 Å². The van der Waals surface area contributed by atoms with Gasteiger partial charge >= 0.3 is 5.97 Å². The Morgan fingerprint density at radius 1 is 1.50 bits per heavy atom. The Morgan fingerprint density at radius 2 is 2.14 bits per heavy atom. The van der Waals surface area contributed by atoms with E-state index in [4.69, 9.17) is 4.74 Å². The molecular weight excluding hydrogens is 178 g/mol. The standard InChI is InChI=1S/C11H21NO2/c1-4-8(3)10(11(13)14-5-2)12-9-6-7-9/h8-10,12H,4-7H2,1-3H3. The van der Waals surface area contributed by atoms with Gasteiger partial charge in [-0.1, -0.05) is 20.3 Å². The van der Waals surface area contributed by atoms with Crippen molar-refractivity contribution in [1.29, 1.82) is 0 Å². The second kappa shape index (κ2) is 5.35. The van der Waals surface area contributed by atoms with Crippen molar-refractivity contribution < 1.29 is 9.53 Å². The van der Waals surface area contributed by atoms with Crippen molar-refractivity contribution in [3.8, 4) is 0 Å². The van der Waals surface area contributed by atoms with Crippen molar-refractivity contribution in [2.45, 2.75) is 52.1 Å². The monoisotopic (exact) mass is 199 g/mol. The highest BCUT2D eigenvalue weighted by atomic mass is 16.5. The van der Waals surface area contributed by atoms with Crippen LogP contribution in [0.15, 0.2) is 0 Å². The lowest BCUT2D eigenvalue weighted by molar-refractivity contribution is -0.147. The van der Waals surface area contributed by atoms with Crippen LogP contribution in [0.1, 0.15) is 40.0 Å². The molecule has 1 N–H and O–H groups in total. The molecule has 0 aromatic carbocycles. The number of esters is 1. The Hall–Kier alpha value is -0.570. The summed E-state index contributed by atoms with van der Waals surface area (Å²) in [6, 6.07) is 0.450. The quantitative estimate of drug-likeness (QED) is 0.662. The second-order valence-electron chi connectivity index (χ2n) is 4.06. The Morgan fingerprint density at radius 3 is 2.57 bits per heavy atom. The minimum Gasteiger partial charge on any atom is -0.465 e. The largest absolute Gasteiger partial charge is 0.465 e. The van der Waals surface area contributed by atoms with Crippen LogP contribution in [0.2, 0.25) is 0 Å². The Kier molecular flexibility index (Phi) is 4.39. The molecule has 3 nitrogen and oxygen atoms in total. The zero-order valence-electron chi connectivity index (χ0n) is 9.38. The molecule has 0 aromatic heterocycles. The second-order valence-corrected chi connectivity index (χ2v) is 4.06. The van der Waals surface area contributed by atoms with E-state index in [9.17, 15) is 4.79 Å². The van der Waals surface area contributed by atoms with Crippen molar-refractivity contribution in [3.63, 3.8) is 0 Å². The van der Waals surface area contributed by atoms with Gasteiger partial charge in [0.15, 0.2) is 0 Å². The zero-order chi connectivity index (χ0) is 10.6. The molecule has 1 aliphatic carbocycles. The maximum Gasteiger partial charge on any atom is 0.323 e. The highest BCUT2D eigenvalue weighted by Crippen LogP contribution is 2.22. The van der Waals surface area contributed by atoms with Crippen molar-refractivity contribution in [1.82, 2.24) is 5.32 Å². The SMILES string of the molecule is CCOC(=O)C(NC1CC1)C(C)CC. The van der Waals surface area contributed by atoms with Gasteiger partial charge in [-0.2, -0.15) is 0 Å². The van der Waals surface area contributed by atoms with Crippen molar-refractivity contribution >= 4 is 5.97 Å². The van der Waals surface area contributed by atoms with E-state index in [0.717, 1.165) is 6.42 Å². The lowest BCUT2D eigenvalue weighted by Crippen LogP contribution is -2.44. The topological polar surface area (TPSA) is 38.3 Å². The van der Waals surface area contributed by atoms with E-state index in [2.05, 4.69) is 19.2 Å². The van der Waals surface area contributed by atoms with Crippen LogP contribution in [0, 0.1) is 5.92 Å². The first-order chi connectivity index (χ1) is 6.69. The number of carbonyl (C=O) groups is 1. The number of carbonyl (C=O) groups excluding carboxylic acids is 1. The lowest BCUT2D eigenvalue weighted by atomic mass is 9.99. The van der Waals surface area contributed by atoms with Crippen LogP contribution in [-0.2, 0) is 9.53 Å². The third-order valence-corrected chi connectivity index (χ3v) is 2.75. The number of nitrogens with one attached hydrogen (secondary N) is 1. The van der Waals surface area contributed by atoms with E-state index in [1.54, 1.807) is 0 Å². The molecule has 3 heteroatoms. The molecule has 0 heterocycles. The molecule has 0 aliphatic heterocycles. The van der Waals surface area contributed by atoms with Gasteiger partial charge in [-0.05, 0) is 25.7 Å². The molecule has 0 amide bonds. The minimum atomic E-state index is -0.104. The number of hydrogen-bond acceptors (Lipinski definition) is 3. The van der Waals surface area contributed by atoms with Crippen LogP contribution in [-0.4, -0.2) is 24.7 Å². The summed E-state index contributed by atoms with van der Waals surface area (Å²) in [5.74, 6) is 0.267. The van der Waals surface area contributed by atoms with E-state index < -0.39 is 0 Å². The van der Waals surface area contributed by atoms with E-state index in [0.29, 0.717) is 18.6 Å². The molecule has 2 atom stereocenters. The van der Waals surface area contributed by atoms with Crippen molar-refractivity contribution in [2.24, 2.45) is 5.92 Å². The summed E-state index contributed by atoms with van der Waals surface area (Å²) < 4.78 is 5.05. The normalized spacial score (nSPS) is 20.2. The molecule has 1 aliphatic rings. The summed E-state index contributed by atoms with van der Waals surface area (Å²) in [5, 5.41) is 3.35. The van der Waals surface area contributed by atoms with Crippen molar-refractivity contribution in [2.75, 3.05) is 6.61 Å². The smallest absolute Gasteiger partial charge is 0.323 e. The maximum atomic E-state index is 11.6. The predicted molar refractivity (Wildman–Crippen MR) is 56.0 cm³/mol. The molecule has 0 bridgehead atoms. The fourth-order valence-corrected chi connectivity index (χ4v) is 1.44. The number of hydrogen-bond donors (Lipinski definition) is 1. The summed E-state index contributed by atoms with van der Waals surface area (Å²) >= 11 is 0. The lowest BCUT2D eigenvalue weighted by Gasteiger charge is -2.22. The van der Waals surface area contributed by atoms with Gasteiger partial charge in [0.05, 0.1) is 6.61 Å². The Bertz CT molecular complexity index is 190. The summed E-state index contributed by atoms with van der Waals surface area (Å²) in [7, 11) is 0. The molecule has 0 radical (unpaired) electrons. The highest BCUT2D eigenvalue weighted by molar-refractivity contribution is 5.76. The third kappa shape index (κ3) is 3.29. The van der Waals surface area contributed by atoms with Crippen LogP contribution in [0.25, 0.3) is 0 Å². The summed E-state index contributed by atoms with van der Waals surface area (Å²) in [5.41, 5.74) is 0. The zero-order valence-corrected chi connectivity index (χ0v) is 9.38.